The van der Waals surface area contributed by atoms with Gasteiger partial charge in [0.15, 0.2) is 0 Å². The van der Waals surface area contributed by atoms with E-state index < -0.39 is 0 Å². The average Bonchev–Trinajstić information content (AvgIpc) is 3.18. The number of aromatic nitrogens is 2. The van der Waals surface area contributed by atoms with Crippen LogP contribution >= 0.6 is 0 Å². The van der Waals surface area contributed by atoms with Crippen molar-refractivity contribution in [2.75, 3.05) is 33.4 Å². The van der Waals surface area contributed by atoms with Gasteiger partial charge < -0.3 is 14.4 Å². The first kappa shape index (κ1) is 13.6. The second-order valence-electron chi connectivity index (χ2n) is 5.79. The van der Waals surface area contributed by atoms with E-state index in [2.05, 4.69) is 10.2 Å². The smallest absolute Gasteiger partial charge is 0.271 e. The zero-order valence-electron chi connectivity index (χ0n) is 11.8. The largest absolute Gasteiger partial charge is 0.385 e. The molecule has 0 saturated carbocycles. The third-order valence-corrected chi connectivity index (χ3v) is 4.35. The number of H-pyrrole nitrogens is 1. The van der Waals surface area contributed by atoms with Gasteiger partial charge in [-0.3, -0.25) is 9.89 Å². The molecule has 2 fully saturated rings. The number of aromatic amines is 1. The minimum Gasteiger partial charge on any atom is -0.385 e. The maximum atomic E-state index is 12.3. The van der Waals surface area contributed by atoms with E-state index >= 15 is 0 Å². The van der Waals surface area contributed by atoms with Gasteiger partial charge >= 0.3 is 0 Å². The van der Waals surface area contributed by atoms with Gasteiger partial charge in [-0.25, -0.2) is 0 Å². The molecular formula is C14H21N3O3. The van der Waals surface area contributed by atoms with Crippen molar-refractivity contribution >= 4 is 5.91 Å². The standard InChI is InChI=1S/C14H21N3O3/c1-19-7-3-11-8-14(20-9-11)4-6-17(10-14)13(18)12-2-5-15-16-12/h2,5,11H,3-4,6-10H2,1H3,(H,15,16)/t11-,14-/m1/s1. The molecule has 2 atom stereocenters. The van der Waals surface area contributed by atoms with E-state index in [4.69, 9.17) is 9.47 Å². The molecule has 0 aliphatic carbocycles. The van der Waals surface area contributed by atoms with Crippen molar-refractivity contribution in [1.29, 1.82) is 0 Å². The number of amides is 1. The van der Waals surface area contributed by atoms with E-state index in [1.54, 1.807) is 19.4 Å². The summed E-state index contributed by atoms with van der Waals surface area (Å²) in [6.07, 6.45) is 4.60. The predicted molar refractivity (Wildman–Crippen MR) is 72.4 cm³/mol. The second-order valence-corrected chi connectivity index (χ2v) is 5.79. The van der Waals surface area contributed by atoms with Gasteiger partial charge in [-0.1, -0.05) is 0 Å². The summed E-state index contributed by atoms with van der Waals surface area (Å²) < 4.78 is 11.2. The Morgan fingerprint density at radius 3 is 3.35 bits per heavy atom. The van der Waals surface area contributed by atoms with Crippen LogP contribution in [-0.4, -0.2) is 60.0 Å². The molecule has 1 amide bonds. The maximum Gasteiger partial charge on any atom is 0.271 e. The summed E-state index contributed by atoms with van der Waals surface area (Å²) in [5.74, 6) is 0.570. The molecule has 1 aromatic heterocycles. The summed E-state index contributed by atoms with van der Waals surface area (Å²) in [6, 6.07) is 1.71. The molecule has 1 spiro atoms. The Balaban J connectivity index is 1.58. The van der Waals surface area contributed by atoms with E-state index in [9.17, 15) is 4.79 Å². The summed E-state index contributed by atoms with van der Waals surface area (Å²) in [5.41, 5.74) is 0.421. The fourth-order valence-corrected chi connectivity index (χ4v) is 3.26. The number of carbonyl (C=O) groups excluding carboxylic acids is 1. The van der Waals surface area contributed by atoms with E-state index in [0.717, 1.165) is 39.0 Å². The molecule has 2 aliphatic heterocycles. The second kappa shape index (κ2) is 5.54. The third kappa shape index (κ3) is 2.58. The fraction of sp³-hybridized carbons (Fsp3) is 0.714. The molecule has 1 aromatic rings. The van der Waals surface area contributed by atoms with Crippen LogP contribution in [0.3, 0.4) is 0 Å². The summed E-state index contributed by atoms with van der Waals surface area (Å²) in [5, 5.41) is 6.56. The SMILES string of the molecule is COCC[C@H]1CO[C@]2(CCN(C(=O)c3ccn[nH]3)C2)C1. The molecule has 2 aliphatic rings. The number of nitrogens with zero attached hydrogens (tertiary/aromatic N) is 2. The molecule has 0 radical (unpaired) electrons. The van der Waals surface area contributed by atoms with Gasteiger partial charge in [-0.2, -0.15) is 5.10 Å². The number of methoxy groups -OCH3 is 1. The van der Waals surface area contributed by atoms with Crippen molar-refractivity contribution < 1.29 is 14.3 Å². The highest BCUT2D eigenvalue weighted by atomic mass is 16.5. The Morgan fingerprint density at radius 2 is 2.60 bits per heavy atom. The van der Waals surface area contributed by atoms with E-state index in [1.165, 1.54) is 0 Å². The topological polar surface area (TPSA) is 67.5 Å². The number of likely N-dealkylation sites (tertiary alicyclic amines) is 1. The Morgan fingerprint density at radius 1 is 1.70 bits per heavy atom. The molecule has 3 rings (SSSR count). The first-order chi connectivity index (χ1) is 9.72. The zero-order chi connectivity index (χ0) is 14.0. The summed E-state index contributed by atoms with van der Waals surface area (Å²) in [6.45, 7) is 3.01. The molecule has 1 N–H and O–H groups in total. The highest BCUT2D eigenvalue weighted by Gasteiger charge is 2.46. The quantitative estimate of drug-likeness (QED) is 0.895. The van der Waals surface area contributed by atoms with Crippen LogP contribution in [0.4, 0.5) is 0 Å². The predicted octanol–water partition coefficient (Wildman–Crippen LogP) is 1.07. The fourth-order valence-electron chi connectivity index (χ4n) is 3.26. The maximum absolute atomic E-state index is 12.3. The monoisotopic (exact) mass is 279 g/mol. The highest BCUT2D eigenvalue weighted by Crippen LogP contribution is 2.39. The lowest BCUT2D eigenvalue weighted by molar-refractivity contribution is 0.0112. The van der Waals surface area contributed by atoms with E-state index in [-0.39, 0.29) is 11.5 Å². The van der Waals surface area contributed by atoms with Gasteiger partial charge in [0.2, 0.25) is 0 Å². The van der Waals surface area contributed by atoms with Crippen molar-refractivity contribution in [2.45, 2.75) is 24.9 Å². The number of nitrogens with one attached hydrogen (secondary N) is 1. The number of hydrogen-bond donors (Lipinski definition) is 1. The van der Waals surface area contributed by atoms with Crippen LogP contribution < -0.4 is 0 Å². The molecule has 2 saturated heterocycles. The van der Waals surface area contributed by atoms with Crippen LogP contribution in [0.5, 0.6) is 0 Å². The van der Waals surface area contributed by atoms with Crippen molar-refractivity contribution in [3.63, 3.8) is 0 Å². The van der Waals surface area contributed by atoms with Crippen LogP contribution in [0.2, 0.25) is 0 Å². The van der Waals surface area contributed by atoms with Crippen LogP contribution in [0.1, 0.15) is 29.8 Å². The molecule has 6 heteroatoms. The Hall–Kier alpha value is -1.40. The highest BCUT2D eigenvalue weighted by molar-refractivity contribution is 5.92. The Bertz CT molecular complexity index is 462. The van der Waals surface area contributed by atoms with Crippen molar-refractivity contribution in [3.8, 4) is 0 Å². The first-order valence-corrected chi connectivity index (χ1v) is 7.14. The minimum atomic E-state index is -0.131. The van der Waals surface area contributed by atoms with E-state index in [1.807, 2.05) is 4.90 Å². The van der Waals surface area contributed by atoms with Crippen molar-refractivity contribution in [3.05, 3.63) is 18.0 Å². The zero-order valence-corrected chi connectivity index (χ0v) is 11.8. The van der Waals surface area contributed by atoms with Crippen molar-refractivity contribution in [2.24, 2.45) is 5.92 Å². The van der Waals surface area contributed by atoms with Gasteiger partial charge in [0.1, 0.15) is 5.69 Å². The molecule has 3 heterocycles. The van der Waals surface area contributed by atoms with E-state index in [0.29, 0.717) is 18.2 Å². The minimum absolute atomic E-state index is 0.0170. The molecule has 20 heavy (non-hydrogen) atoms. The van der Waals surface area contributed by atoms with Gasteiger partial charge in [-0.05, 0) is 31.2 Å². The Kier molecular flexibility index (Phi) is 3.76. The summed E-state index contributed by atoms with van der Waals surface area (Å²) in [7, 11) is 1.73. The van der Waals surface area contributed by atoms with Crippen LogP contribution in [0.15, 0.2) is 12.3 Å². The molecular weight excluding hydrogens is 258 g/mol. The molecule has 110 valence electrons. The number of carbonyl (C=O) groups is 1. The average molecular weight is 279 g/mol. The third-order valence-electron chi connectivity index (χ3n) is 4.35. The Labute approximate surface area is 118 Å². The van der Waals surface area contributed by atoms with Gasteiger partial charge in [0, 0.05) is 26.5 Å². The molecule has 0 unspecified atom stereocenters. The number of ether oxygens (including phenoxy) is 2. The lowest BCUT2D eigenvalue weighted by atomic mass is 9.92. The van der Waals surface area contributed by atoms with Gasteiger partial charge in [0.05, 0.1) is 18.8 Å². The lowest BCUT2D eigenvalue weighted by Crippen LogP contribution is -2.36. The van der Waals surface area contributed by atoms with Crippen LogP contribution in [0.25, 0.3) is 0 Å². The molecule has 0 bridgehead atoms. The van der Waals surface area contributed by atoms with Gasteiger partial charge in [-0.15, -0.1) is 0 Å². The molecule has 6 nitrogen and oxygen atoms in total. The molecule has 0 aromatic carbocycles. The van der Waals surface area contributed by atoms with Crippen LogP contribution in [0, 0.1) is 5.92 Å². The lowest BCUT2D eigenvalue weighted by Gasteiger charge is -2.23. The van der Waals surface area contributed by atoms with Crippen LogP contribution in [-0.2, 0) is 9.47 Å². The first-order valence-electron chi connectivity index (χ1n) is 7.14. The van der Waals surface area contributed by atoms with Crippen molar-refractivity contribution in [1.82, 2.24) is 15.1 Å². The summed E-state index contributed by atoms with van der Waals surface area (Å²) >= 11 is 0. The summed E-state index contributed by atoms with van der Waals surface area (Å²) in [4.78, 5) is 14.1. The number of hydrogen-bond acceptors (Lipinski definition) is 4. The normalized spacial score (nSPS) is 29.4. The van der Waals surface area contributed by atoms with Gasteiger partial charge in [0.25, 0.3) is 5.91 Å². The number of rotatable bonds is 4.